The largest absolute Gasteiger partial charge is 0.467 e. The minimum Gasteiger partial charge on any atom is -0.467 e. The molecular formula is C22H15NO2. The molecule has 120 valence electrons. The van der Waals surface area contributed by atoms with E-state index in [4.69, 9.17) is 4.74 Å². The fourth-order valence-electron chi connectivity index (χ4n) is 3.62. The lowest BCUT2D eigenvalue weighted by Gasteiger charge is -2.13. The molecule has 3 heteroatoms. The first kappa shape index (κ1) is 14.2. The molecule has 0 saturated heterocycles. The topological polar surface area (TPSA) is 38.7 Å². The summed E-state index contributed by atoms with van der Waals surface area (Å²) in [4.78, 5) is 17.3. The average Bonchev–Trinajstić information content (AvgIpc) is 3.27. The second-order valence-electron chi connectivity index (χ2n) is 6.27. The first-order chi connectivity index (χ1) is 12.3. The van der Waals surface area contributed by atoms with Crippen molar-refractivity contribution in [1.82, 2.24) is 0 Å². The number of nitrogens with zero attached hydrogens (tertiary/aromatic N) is 1. The summed E-state index contributed by atoms with van der Waals surface area (Å²) in [5.41, 5.74) is 5.40. The van der Waals surface area contributed by atoms with E-state index in [1.807, 2.05) is 60.7 Å². The molecule has 3 aromatic carbocycles. The maximum absolute atomic E-state index is 12.7. The fourth-order valence-corrected chi connectivity index (χ4v) is 3.62. The molecule has 0 unspecified atom stereocenters. The van der Waals surface area contributed by atoms with Gasteiger partial charge in [-0.15, -0.1) is 0 Å². The SMILES string of the molecule is O=C1c2ccccc2-c2c1cccc2C1=NC[C@H](c2ccccc2)O1. The van der Waals surface area contributed by atoms with Crippen LogP contribution in [0.3, 0.4) is 0 Å². The van der Waals surface area contributed by atoms with Crippen molar-refractivity contribution >= 4 is 11.7 Å². The molecule has 3 aromatic rings. The molecule has 3 nitrogen and oxygen atoms in total. The summed E-state index contributed by atoms with van der Waals surface area (Å²) >= 11 is 0. The lowest BCUT2D eigenvalue weighted by molar-refractivity contribution is 0.104. The second kappa shape index (κ2) is 5.42. The van der Waals surface area contributed by atoms with Gasteiger partial charge in [-0.3, -0.25) is 4.79 Å². The van der Waals surface area contributed by atoms with Crippen LogP contribution in [0.5, 0.6) is 0 Å². The van der Waals surface area contributed by atoms with Crippen LogP contribution in [0.25, 0.3) is 11.1 Å². The molecule has 0 amide bonds. The highest BCUT2D eigenvalue weighted by Gasteiger charge is 2.32. The Labute approximate surface area is 145 Å². The molecule has 0 spiro atoms. The number of benzene rings is 3. The van der Waals surface area contributed by atoms with E-state index in [1.54, 1.807) is 0 Å². The van der Waals surface area contributed by atoms with E-state index in [9.17, 15) is 4.79 Å². The zero-order chi connectivity index (χ0) is 16.8. The van der Waals surface area contributed by atoms with Crippen LogP contribution in [0.2, 0.25) is 0 Å². The maximum Gasteiger partial charge on any atom is 0.217 e. The summed E-state index contributed by atoms with van der Waals surface area (Å²) in [6, 6.07) is 23.6. The van der Waals surface area contributed by atoms with Crippen molar-refractivity contribution in [3.8, 4) is 11.1 Å². The highest BCUT2D eigenvalue weighted by atomic mass is 16.5. The van der Waals surface area contributed by atoms with Crippen molar-refractivity contribution in [2.75, 3.05) is 6.54 Å². The number of aliphatic imine (C=N–C) groups is 1. The van der Waals surface area contributed by atoms with E-state index >= 15 is 0 Å². The lowest BCUT2D eigenvalue weighted by atomic mass is 9.99. The summed E-state index contributed by atoms with van der Waals surface area (Å²) in [5, 5.41) is 0. The zero-order valence-electron chi connectivity index (χ0n) is 13.5. The van der Waals surface area contributed by atoms with E-state index in [1.165, 1.54) is 0 Å². The van der Waals surface area contributed by atoms with Gasteiger partial charge in [-0.25, -0.2) is 4.99 Å². The minimum atomic E-state index is -0.0700. The van der Waals surface area contributed by atoms with Gasteiger partial charge in [0.15, 0.2) is 5.78 Å². The predicted molar refractivity (Wildman–Crippen MR) is 97.0 cm³/mol. The van der Waals surface area contributed by atoms with Crippen LogP contribution in [-0.2, 0) is 4.74 Å². The van der Waals surface area contributed by atoms with Gasteiger partial charge < -0.3 is 4.74 Å². The number of carbonyl (C=O) groups is 1. The Balaban J connectivity index is 1.57. The van der Waals surface area contributed by atoms with Crippen molar-refractivity contribution in [2.24, 2.45) is 4.99 Å². The normalized spacial score (nSPS) is 17.7. The number of ether oxygens (including phenoxy) is 1. The molecule has 0 fully saturated rings. The quantitative estimate of drug-likeness (QED) is 0.547. The van der Waals surface area contributed by atoms with Crippen molar-refractivity contribution in [3.63, 3.8) is 0 Å². The van der Waals surface area contributed by atoms with Crippen molar-refractivity contribution in [2.45, 2.75) is 6.10 Å². The summed E-state index contributed by atoms with van der Waals surface area (Å²) in [7, 11) is 0. The zero-order valence-corrected chi connectivity index (χ0v) is 13.5. The average molecular weight is 325 g/mol. The highest BCUT2D eigenvalue weighted by Crippen LogP contribution is 2.40. The van der Waals surface area contributed by atoms with Crippen molar-refractivity contribution in [1.29, 1.82) is 0 Å². The molecule has 5 rings (SSSR count). The van der Waals surface area contributed by atoms with Crippen LogP contribution in [0, 0.1) is 0 Å². The van der Waals surface area contributed by atoms with Gasteiger partial charge in [0.25, 0.3) is 0 Å². The number of hydrogen-bond acceptors (Lipinski definition) is 3. The Bertz CT molecular complexity index is 1020. The number of rotatable bonds is 2. The lowest BCUT2D eigenvalue weighted by Crippen LogP contribution is -2.08. The predicted octanol–water partition coefficient (Wildman–Crippen LogP) is 4.42. The van der Waals surface area contributed by atoms with E-state index < -0.39 is 0 Å². The fraction of sp³-hybridized carbons (Fsp3) is 0.0909. The van der Waals surface area contributed by atoms with Gasteiger partial charge in [-0.1, -0.05) is 66.7 Å². The van der Waals surface area contributed by atoms with E-state index in [-0.39, 0.29) is 11.9 Å². The van der Waals surface area contributed by atoms with Crippen LogP contribution >= 0.6 is 0 Å². The number of ketones is 1. The molecule has 0 saturated carbocycles. The molecule has 0 aromatic heterocycles. The summed E-state index contributed by atoms with van der Waals surface area (Å²) in [6.07, 6.45) is -0.0700. The molecule has 25 heavy (non-hydrogen) atoms. The molecule has 1 heterocycles. The third-order valence-electron chi connectivity index (χ3n) is 4.81. The van der Waals surface area contributed by atoms with Crippen LogP contribution in [0.4, 0.5) is 0 Å². The summed E-state index contributed by atoms with van der Waals surface area (Å²) in [6.45, 7) is 0.596. The number of hydrogen-bond donors (Lipinski definition) is 0. The molecular weight excluding hydrogens is 310 g/mol. The van der Waals surface area contributed by atoms with Crippen molar-refractivity contribution < 1.29 is 9.53 Å². The van der Waals surface area contributed by atoms with Crippen LogP contribution in [-0.4, -0.2) is 18.2 Å². The Morgan fingerprint density at radius 3 is 2.28 bits per heavy atom. The molecule has 0 N–H and O–H groups in total. The van der Waals surface area contributed by atoms with E-state index in [2.05, 4.69) is 17.1 Å². The van der Waals surface area contributed by atoms with Crippen molar-refractivity contribution in [3.05, 3.63) is 95.1 Å². The first-order valence-corrected chi connectivity index (χ1v) is 8.36. The second-order valence-corrected chi connectivity index (χ2v) is 6.27. The van der Waals surface area contributed by atoms with Gasteiger partial charge in [-0.2, -0.15) is 0 Å². The standard InChI is InChI=1S/C22H15NO2/c24-21-16-10-5-4-9-15(16)20-17(21)11-6-12-18(20)22-23-13-19(25-22)14-7-2-1-3-8-14/h1-12,19H,13H2/t19-/m1/s1. The number of carbonyl (C=O) groups excluding carboxylic acids is 1. The van der Waals surface area contributed by atoms with Gasteiger partial charge in [-0.05, 0) is 17.2 Å². The van der Waals surface area contributed by atoms with Gasteiger partial charge in [0.1, 0.15) is 6.10 Å². The highest BCUT2D eigenvalue weighted by molar-refractivity contribution is 6.24. The first-order valence-electron chi connectivity index (χ1n) is 8.36. The summed E-state index contributed by atoms with van der Waals surface area (Å²) in [5.74, 6) is 0.695. The third kappa shape index (κ3) is 2.13. The maximum atomic E-state index is 12.7. The molecule has 1 aliphatic carbocycles. The smallest absolute Gasteiger partial charge is 0.217 e. The van der Waals surface area contributed by atoms with Gasteiger partial charge in [0.2, 0.25) is 5.90 Å². The van der Waals surface area contributed by atoms with Crippen LogP contribution in [0.1, 0.15) is 33.2 Å². The summed E-state index contributed by atoms with van der Waals surface area (Å²) < 4.78 is 6.15. The monoisotopic (exact) mass is 325 g/mol. The van der Waals surface area contributed by atoms with E-state index in [0.29, 0.717) is 12.4 Å². The van der Waals surface area contributed by atoms with Gasteiger partial charge in [0, 0.05) is 22.3 Å². The number of fused-ring (bicyclic) bond motifs is 3. The van der Waals surface area contributed by atoms with Crippen LogP contribution < -0.4 is 0 Å². The molecule has 0 bridgehead atoms. The molecule has 0 radical (unpaired) electrons. The molecule has 2 aliphatic rings. The Hall–Kier alpha value is -3.20. The Morgan fingerprint density at radius 2 is 1.44 bits per heavy atom. The minimum absolute atomic E-state index is 0.0700. The molecule has 1 aliphatic heterocycles. The van der Waals surface area contributed by atoms with E-state index in [0.717, 1.165) is 33.4 Å². The third-order valence-corrected chi connectivity index (χ3v) is 4.81. The van der Waals surface area contributed by atoms with Gasteiger partial charge in [0.05, 0.1) is 6.54 Å². The molecule has 1 atom stereocenters. The van der Waals surface area contributed by atoms with Crippen LogP contribution in [0.15, 0.2) is 77.8 Å². The van der Waals surface area contributed by atoms with Gasteiger partial charge >= 0.3 is 0 Å². The Kier molecular flexibility index (Phi) is 3.07. The Morgan fingerprint density at radius 1 is 0.760 bits per heavy atom.